The number of allylic oxidation sites excluding steroid dienone is 4. The second-order valence-electron chi connectivity index (χ2n) is 4.91. The summed E-state index contributed by atoms with van der Waals surface area (Å²) in [4.78, 5) is 24.3. The summed E-state index contributed by atoms with van der Waals surface area (Å²) >= 11 is 0. The molecule has 0 atom stereocenters. The lowest BCUT2D eigenvalue weighted by molar-refractivity contribution is -0.145. The van der Waals surface area contributed by atoms with Crippen LogP contribution in [0.4, 0.5) is 0 Å². The van der Waals surface area contributed by atoms with Crippen LogP contribution < -0.4 is 0 Å². The maximum Gasteiger partial charge on any atom is 0.213 e. The van der Waals surface area contributed by atoms with Gasteiger partial charge in [0.1, 0.15) is 0 Å². The maximum atomic E-state index is 12.1. The van der Waals surface area contributed by atoms with Crippen molar-refractivity contribution in [3.8, 4) is 0 Å². The number of fused-ring (bicyclic) bond motifs is 1. The molecule has 86 valence electrons. The molecule has 2 heteroatoms. The van der Waals surface area contributed by atoms with Gasteiger partial charge in [-0.05, 0) is 12.8 Å². The maximum absolute atomic E-state index is 12.1. The molecule has 3 aliphatic carbocycles. The van der Waals surface area contributed by atoms with Gasteiger partial charge in [-0.3, -0.25) is 9.59 Å². The van der Waals surface area contributed by atoms with Gasteiger partial charge >= 0.3 is 0 Å². The Labute approximate surface area is 96.4 Å². The number of carbonyl (C=O) groups is 2. The first kappa shape index (κ1) is 11.3. The van der Waals surface area contributed by atoms with Gasteiger partial charge in [-0.15, -0.1) is 0 Å². The smallest absolute Gasteiger partial charge is 0.213 e. The molecule has 0 aromatic heterocycles. The van der Waals surface area contributed by atoms with Crippen molar-refractivity contribution < 1.29 is 9.59 Å². The first-order chi connectivity index (χ1) is 7.60. The molecule has 0 aromatic rings. The predicted molar refractivity (Wildman–Crippen MR) is 63.0 cm³/mol. The second kappa shape index (κ2) is 3.69. The molecule has 0 N–H and O–H groups in total. The van der Waals surface area contributed by atoms with Crippen LogP contribution in [-0.2, 0) is 9.59 Å². The van der Waals surface area contributed by atoms with E-state index in [2.05, 4.69) is 0 Å². The third-order valence-corrected chi connectivity index (χ3v) is 3.74. The average molecular weight is 218 g/mol. The van der Waals surface area contributed by atoms with Crippen LogP contribution in [0.5, 0.6) is 0 Å². The van der Waals surface area contributed by atoms with Crippen molar-refractivity contribution >= 4 is 11.6 Å². The minimum Gasteiger partial charge on any atom is -0.289 e. The molecule has 2 nitrogen and oxygen atoms in total. The minimum atomic E-state index is -0.610. The summed E-state index contributed by atoms with van der Waals surface area (Å²) in [7, 11) is 0. The van der Waals surface area contributed by atoms with E-state index in [1.54, 1.807) is 0 Å². The lowest BCUT2D eigenvalue weighted by Gasteiger charge is -2.41. The summed E-state index contributed by atoms with van der Waals surface area (Å²) in [6.07, 6.45) is 11.1. The van der Waals surface area contributed by atoms with Gasteiger partial charge in [-0.2, -0.15) is 0 Å². The lowest BCUT2D eigenvalue weighted by atomic mass is 9.59. The molecule has 0 amide bonds. The van der Waals surface area contributed by atoms with Crippen LogP contribution in [-0.4, -0.2) is 11.6 Å². The molecular formula is C14H18O2. The van der Waals surface area contributed by atoms with Crippen LogP contribution >= 0.6 is 0 Å². The molecule has 0 unspecified atom stereocenters. The highest BCUT2D eigenvalue weighted by molar-refractivity contribution is 6.44. The summed E-state index contributed by atoms with van der Waals surface area (Å²) in [6.45, 7) is 4.08. The van der Waals surface area contributed by atoms with Gasteiger partial charge in [-0.1, -0.05) is 51.0 Å². The first-order valence-corrected chi connectivity index (χ1v) is 6.10. The van der Waals surface area contributed by atoms with Crippen molar-refractivity contribution in [3.05, 3.63) is 24.3 Å². The molecule has 2 bridgehead atoms. The molecule has 16 heavy (non-hydrogen) atoms. The molecular weight excluding hydrogens is 200 g/mol. The van der Waals surface area contributed by atoms with Crippen molar-refractivity contribution in [3.63, 3.8) is 0 Å². The summed E-state index contributed by atoms with van der Waals surface area (Å²) < 4.78 is 0. The molecule has 3 rings (SSSR count). The zero-order chi connectivity index (χ0) is 11.8. The summed E-state index contributed by atoms with van der Waals surface area (Å²) in [6, 6.07) is 0. The fourth-order valence-electron chi connectivity index (χ4n) is 2.82. The molecule has 0 aromatic carbocycles. The fraction of sp³-hybridized carbons (Fsp3) is 0.571. The Morgan fingerprint density at radius 2 is 1.12 bits per heavy atom. The van der Waals surface area contributed by atoms with E-state index in [0.717, 1.165) is 25.7 Å². The molecule has 0 aliphatic heterocycles. The monoisotopic (exact) mass is 218 g/mol. The second-order valence-corrected chi connectivity index (χ2v) is 4.91. The molecule has 0 spiro atoms. The number of rotatable bonds is 4. The number of Topliss-reactive ketones (excluding diaryl/α,β-unsaturated/α-hetero) is 2. The van der Waals surface area contributed by atoms with E-state index in [0.29, 0.717) is 0 Å². The number of ketones is 2. The molecule has 3 aliphatic rings. The highest BCUT2D eigenvalue weighted by Gasteiger charge is 2.52. The van der Waals surface area contributed by atoms with E-state index < -0.39 is 10.8 Å². The highest BCUT2D eigenvalue weighted by atomic mass is 16.2. The Hall–Kier alpha value is -1.18. The van der Waals surface area contributed by atoms with E-state index in [1.165, 1.54) is 0 Å². The average Bonchev–Trinajstić information content (AvgIpc) is 2.29. The van der Waals surface area contributed by atoms with Gasteiger partial charge in [0, 0.05) is 0 Å². The third-order valence-electron chi connectivity index (χ3n) is 3.74. The topological polar surface area (TPSA) is 34.1 Å². The lowest BCUT2D eigenvalue weighted by Crippen LogP contribution is -2.49. The van der Waals surface area contributed by atoms with Gasteiger partial charge in [0.15, 0.2) is 0 Å². The van der Waals surface area contributed by atoms with Crippen LogP contribution in [0.1, 0.15) is 39.5 Å². The van der Waals surface area contributed by atoms with E-state index in [1.807, 2.05) is 38.2 Å². The Bertz CT molecular complexity index is 338. The van der Waals surface area contributed by atoms with Crippen molar-refractivity contribution in [2.75, 3.05) is 0 Å². The van der Waals surface area contributed by atoms with Gasteiger partial charge < -0.3 is 0 Å². The van der Waals surface area contributed by atoms with Crippen molar-refractivity contribution in [1.82, 2.24) is 0 Å². The first-order valence-electron chi connectivity index (χ1n) is 6.10. The standard InChI is InChI=1S/C14H18O2/c1-3-5-13-7-9-14(6-4-2,10-8-13)12(16)11(13)15/h7-10H,3-6H2,1-2H3. The van der Waals surface area contributed by atoms with E-state index in [4.69, 9.17) is 0 Å². The van der Waals surface area contributed by atoms with E-state index in [-0.39, 0.29) is 11.6 Å². The molecule has 0 heterocycles. The third kappa shape index (κ3) is 1.32. The Morgan fingerprint density at radius 3 is 1.38 bits per heavy atom. The zero-order valence-electron chi connectivity index (χ0n) is 9.95. The molecule has 0 saturated heterocycles. The normalized spacial score (nSPS) is 36.1. The van der Waals surface area contributed by atoms with Crippen LogP contribution in [0.25, 0.3) is 0 Å². The van der Waals surface area contributed by atoms with E-state index >= 15 is 0 Å². The van der Waals surface area contributed by atoms with Crippen molar-refractivity contribution in [2.24, 2.45) is 10.8 Å². The quantitative estimate of drug-likeness (QED) is 0.537. The van der Waals surface area contributed by atoms with Gasteiger partial charge in [0.2, 0.25) is 11.6 Å². The Morgan fingerprint density at radius 1 is 0.812 bits per heavy atom. The summed E-state index contributed by atoms with van der Waals surface area (Å²) in [5.41, 5.74) is -1.22. The molecule has 0 fully saturated rings. The van der Waals surface area contributed by atoms with Crippen LogP contribution in [0, 0.1) is 10.8 Å². The van der Waals surface area contributed by atoms with Crippen LogP contribution in [0.2, 0.25) is 0 Å². The predicted octanol–water partition coefficient (Wildman–Crippen LogP) is 2.84. The van der Waals surface area contributed by atoms with Gasteiger partial charge in [0.05, 0.1) is 10.8 Å². The van der Waals surface area contributed by atoms with Crippen LogP contribution in [0.15, 0.2) is 24.3 Å². The summed E-state index contributed by atoms with van der Waals surface area (Å²) in [5.74, 6) is -0.402. The van der Waals surface area contributed by atoms with Crippen LogP contribution in [0.3, 0.4) is 0 Å². The van der Waals surface area contributed by atoms with Gasteiger partial charge in [-0.25, -0.2) is 0 Å². The molecule has 0 radical (unpaired) electrons. The summed E-state index contributed by atoms with van der Waals surface area (Å²) in [5, 5.41) is 0. The zero-order valence-corrected chi connectivity index (χ0v) is 9.95. The minimum absolute atomic E-state index is 0.201. The Balaban J connectivity index is 2.42. The molecule has 0 saturated carbocycles. The fourth-order valence-corrected chi connectivity index (χ4v) is 2.82. The number of hydrogen-bond donors (Lipinski definition) is 0. The van der Waals surface area contributed by atoms with Gasteiger partial charge in [0.25, 0.3) is 0 Å². The van der Waals surface area contributed by atoms with E-state index in [9.17, 15) is 9.59 Å². The highest BCUT2D eigenvalue weighted by Crippen LogP contribution is 2.47. The SMILES string of the molecule is CCCC12C=CC(CCC)(C=C1)C(=O)C2=O. The number of hydrogen-bond acceptors (Lipinski definition) is 2. The van der Waals surface area contributed by atoms with Crippen molar-refractivity contribution in [1.29, 1.82) is 0 Å². The number of carbonyl (C=O) groups excluding carboxylic acids is 2. The Kier molecular flexibility index (Phi) is 2.61. The van der Waals surface area contributed by atoms with Crippen molar-refractivity contribution in [2.45, 2.75) is 39.5 Å². The largest absolute Gasteiger partial charge is 0.289 e.